The van der Waals surface area contributed by atoms with Crippen LogP contribution < -0.4 is 15.0 Å². The van der Waals surface area contributed by atoms with Gasteiger partial charge in [0.15, 0.2) is 0 Å². The molecule has 2 N–H and O–H groups in total. The largest absolute Gasteiger partial charge is 0.482 e. The van der Waals surface area contributed by atoms with Crippen LogP contribution in [-0.2, 0) is 0 Å². The molecule has 0 radical (unpaired) electrons. The van der Waals surface area contributed by atoms with Gasteiger partial charge in [-0.3, -0.25) is 0 Å². The molecule has 0 aromatic heterocycles. The number of benzene rings is 3. The second kappa shape index (κ2) is 9.94. The van der Waals surface area contributed by atoms with Crippen LogP contribution in [0.5, 0.6) is 5.75 Å². The van der Waals surface area contributed by atoms with Crippen molar-refractivity contribution in [1.82, 2.24) is 5.32 Å². The van der Waals surface area contributed by atoms with Crippen LogP contribution in [-0.4, -0.2) is 31.3 Å². The Kier molecular flexibility index (Phi) is 7.32. The standard InChI is InChI=1S/C24H25FN2O2.ClH/c1-26-15-21(28)24(18-10-7-11-19(25)14-18)27-16-23(17-8-3-2-4-9-17)29-22-13-6-5-12-20(22)27;/h2-14,21,23-24,26,28H,15-16H2,1H3;1H/t21-,23+,24+;/m1./s1. The minimum absolute atomic E-state index is 0. The molecule has 0 saturated carbocycles. The van der Waals surface area contributed by atoms with Crippen molar-refractivity contribution in [3.05, 3.63) is 95.8 Å². The molecule has 0 saturated heterocycles. The Morgan fingerprint density at radius 2 is 1.80 bits per heavy atom. The lowest BCUT2D eigenvalue weighted by Crippen LogP contribution is -2.45. The predicted octanol–water partition coefficient (Wildman–Crippen LogP) is 4.51. The van der Waals surface area contributed by atoms with E-state index in [9.17, 15) is 9.50 Å². The second-order valence-corrected chi connectivity index (χ2v) is 7.26. The Bertz CT molecular complexity index is 957. The van der Waals surface area contributed by atoms with Crippen LogP contribution in [0.4, 0.5) is 10.1 Å². The van der Waals surface area contributed by atoms with Gasteiger partial charge in [-0.05, 0) is 42.4 Å². The summed E-state index contributed by atoms with van der Waals surface area (Å²) < 4.78 is 20.3. The van der Waals surface area contributed by atoms with Crippen LogP contribution >= 0.6 is 12.4 Å². The molecular formula is C24H26ClFN2O2. The monoisotopic (exact) mass is 428 g/mol. The van der Waals surface area contributed by atoms with Crippen LogP contribution in [0.15, 0.2) is 78.9 Å². The first-order chi connectivity index (χ1) is 14.2. The van der Waals surface area contributed by atoms with Crippen molar-refractivity contribution in [3.63, 3.8) is 0 Å². The Morgan fingerprint density at radius 3 is 2.53 bits per heavy atom. The molecule has 0 spiro atoms. The SMILES string of the molecule is CNC[C@@H](O)[C@H](c1cccc(F)c1)N1C[C@@H](c2ccccc2)Oc2ccccc21.Cl. The van der Waals surface area contributed by atoms with E-state index >= 15 is 0 Å². The normalized spacial score (nSPS) is 17.3. The van der Waals surface area contributed by atoms with Gasteiger partial charge in [0.1, 0.15) is 17.7 Å². The molecule has 4 rings (SSSR count). The van der Waals surface area contributed by atoms with E-state index in [4.69, 9.17) is 4.74 Å². The molecule has 158 valence electrons. The average Bonchev–Trinajstić information content (AvgIpc) is 2.75. The number of nitrogens with zero attached hydrogens (tertiary/aromatic N) is 1. The molecule has 30 heavy (non-hydrogen) atoms. The first-order valence-electron chi connectivity index (χ1n) is 9.83. The summed E-state index contributed by atoms with van der Waals surface area (Å²) in [6.45, 7) is 0.930. The number of nitrogens with one attached hydrogen (secondary N) is 1. The number of aliphatic hydroxyl groups is 1. The summed E-state index contributed by atoms with van der Waals surface area (Å²) in [6, 6.07) is 23.9. The number of para-hydroxylation sites is 2. The fraction of sp³-hybridized carbons (Fsp3) is 0.250. The molecule has 0 bridgehead atoms. The summed E-state index contributed by atoms with van der Waals surface area (Å²) in [7, 11) is 1.80. The van der Waals surface area contributed by atoms with Crippen molar-refractivity contribution in [3.8, 4) is 5.75 Å². The number of fused-ring (bicyclic) bond motifs is 1. The van der Waals surface area contributed by atoms with Crippen LogP contribution in [0.1, 0.15) is 23.3 Å². The van der Waals surface area contributed by atoms with Crippen LogP contribution in [0.3, 0.4) is 0 Å². The van der Waals surface area contributed by atoms with Crippen molar-refractivity contribution in [2.45, 2.75) is 18.2 Å². The summed E-state index contributed by atoms with van der Waals surface area (Å²) >= 11 is 0. The van der Waals surface area contributed by atoms with E-state index in [2.05, 4.69) is 10.2 Å². The lowest BCUT2D eigenvalue weighted by Gasteiger charge is -2.43. The first-order valence-corrected chi connectivity index (χ1v) is 9.83. The lowest BCUT2D eigenvalue weighted by molar-refractivity contribution is 0.124. The molecule has 0 fully saturated rings. The Morgan fingerprint density at radius 1 is 1.07 bits per heavy atom. The van der Waals surface area contributed by atoms with E-state index in [1.54, 1.807) is 13.1 Å². The summed E-state index contributed by atoms with van der Waals surface area (Å²) in [5.41, 5.74) is 2.69. The third-order valence-corrected chi connectivity index (χ3v) is 5.28. The van der Waals surface area contributed by atoms with Crippen LogP contribution in [0, 0.1) is 5.82 Å². The molecule has 4 nitrogen and oxygen atoms in total. The molecule has 0 unspecified atom stereocenters. The fourth-order valence-electron chi connectivity index (χ4n) is 3.99. The highest BCUT2D eigenvalue weighted by Gasteiger charge is 2.35. The number of aliphatic hydroxyl groups excluding tert-OH is 1. The molecule has 0 aliphatic carbocycles. The van der Waals surface area contributed by atoms with Gasteiger partial charge in [-0.2, -0.15) is 0 Å². The zero-order chi connectivity index (χ0) is 20.2. The van der Waals surface area contributed by atoms with Crippen molar-refractivity contribution < 1.29 is 14.2 Å². The van der Waals surface area contributed by atoms with Gasteiger partial charge in [-0.25, -0.2) is 4.39 Å². The number of hydrogen-bond acceptors (Lipinski definition) is 4. The van der Waals surface area contributed by atoms with Crippen molar-refractivity contribution in [2.24, 2.45) is 0 Å². The smallest absolute Gasteiger partial charge is 0.143 e. The molecule has 3 aromatic carbocycles. The summed E-state index contributed by atoms with van der Waals surface area (Å²) in [4.78, 5) is 2.13. The quantitative estimate of drug-likeness (QED) is 0.606. The van der Waals surface area contributed by atoms with Gasteiger partial charge >= 0.3 is 0 Å². The first kappa shape index (κ1) is 22.1. The Hall–Kier alpha value is -2.60. The number of hydrogen-bond donors (Lipinski definition) is 2. The van der Waals surface area contributed by atoms with Gasteiger partial charge in [0, 0.05) is 6.54 Å². The zero-order valence-electron chi connectivity index (χ0n) is 16.7. The molecule has 1 aliphatic heterocycles. The van der Waals surface area contributed by atoms with Crippen LogP contribution in [0.25, 0.3) is 0 Å². The molecule has 3 aromatic rings. The van der Waals surface area contributed by atoms with Crippen molar-refractivity contribution in [1.29, 1.82) is 0 Å². The Labute approximate surface area is 182 Å². The topological polar surface area (TPSA) is 44.7 Å². The van der Waals surface area contributed by atoms with Crippen molar-refractivity contribution >= 4 is 18.1 Å². The number of ether oxygens (including phenoxy) is 1. The van der Waals surface area contributed by atoms with E-state index in [0.29, 0.717) is 13.1 Å². The summed E-state index contributed by atoms with van der Waals surface area (Å²) in [5, 5.41) is 14.1. The molecule has 1 aliphatic rings. The third-order valence-electron chi connectivity index (χ3n) is 5.28. The molecule has 6 heteroatoms. The number of anilines is 1. The molecule has 3 atom stereocenters. The third kappa shape index (κ3) is 4.59. The van der Waals surface area contributed by atoms with Crippen LogP contribution in [0.2, 0.25) is 0 Å². The second-order valence-electron chi connectivity index (χ2n) is 7.26. The summed E-state index contributed by atoms with van der Waals surface area (Å²) in [5.74, 6) is 0.441. The zero-order valence-corrected chi connectivity index (χ0v) is 17.6. The van der Waals surface area contributed by atoms with Crippen molar-refractivity contribution in [2.75, 3.05) is 25.0 Å². The highest BCUT2D eigenvalue weighted by molar-refractivity contribution is 5.85. The fourth-order valence-corrected chi connectivity index (χ4v) is 3.99. The average molecular weight is 429 g/mol. The van der Waals surface area contributed by atoms with E-state index in [-0.39, 0.29) is 24.3 Å². The summed E-state index contributed by atoms with van der Waals surface area (Å²) in [6.07, 6.45) is -0.923. The lowest BCUT2D eigenvalue weighted by atomic mass is 9.96. The highest BCUT2D eigenvalue weighted by atomic mass is 35.5. The maximum Gasteiger partial charge on any atom is 0.143 e. The van der Waals surface area contributed by atoms with Gasteiger partial charge in [0.05, 0.1) is 24.4 Å². The molecular weight excluding hydrogens is 403 g/mol. The van der Waals surface area contributed by atoms with E-state index in [1.807, 2.05) is 60.7 Å². The van der Waals surface area contributed by atoms with Gasteiger partial charge in [0.25, 0.3) is 0 Å². The van der Waals surface area contributed by atoms with Gasteiger partial charge in [-0.1, -0.05) is 54.6 Å². The van der Waals surface area contributed by atoms with Gasteiger partial charge < -0.3 is 20.1 Å². The Balaban J connectivity index is 0.00000256. The highest BCUT2D eigenvalue weighted by Crippen LogP contribution is 2.43. The van der Waals surface area contributed by atoms with E-state index in [0.717, 1.165) is 22.6 Å². The van der Waals surface area contributed by atoms with Gasteiger partial charge in [0.2, 0.25) is 0 Å². The number of halogens is 2. The molecule has 0 amide bonds. The van der Waals surface area contributed by atoms with E-state index in [1.165, 1.54) is 12.1 Å². The molecule has 1 heterocycles. The maximum absolute atomic E-state index is 14.0. The minimum atomic E-state index is -0.732. The number of likely N-dealkylation sites (N-methyl/N-ethyl adjacent to an activating group) is 1. The van der Waals surface area contributed by atoms with Gasteiger partial charge in [-0.15, -0.1) is 12.4 Å². The minimum Gasteiger partial charge on any atom is -0.482 e. The van der Waals surface area contributed by atoms with E-state index < -0.39 is 12.1 Å². The maximum atomic E-state index is 14.0. The number of rotatable bonds is 6. The predicted molar refractivity (Wildman–Crippen MR) is 120 cm³/mol.